The second-order valence-corrected chi connectivity index (χ2v) is 5.80. The van der Waals surface area contributed by atoms with Crippen molar-refractivity contribution >= 4 is 5.91 Å². The van der Waals surface area contributed by atoms with E-state index in [9.17, 15) is 4.79 Å². The molecule has 1 aromatic carbocycles. The van der Waals surface area contributed by atoms with Crippen LogP contribution in [0.4, 0.5) is 0 Å². The third-order valence-electron chi connectivity index (χ3n) is 4.17. The van der Waals surface area contributed by atoms with Crippen LogP contribution in [0.5, 0.6) is 5.75 Å². The van der Waals surface area contributed by atoms with Crippen molar-refractivity contribution in [3.63, 3.8) is 0 Å². The van der Waals surface area contributed by atoms with Crippen LogP contribution in [0.3, 0.4) is 0 Å². The van der Waals surface area contributed by atoms with Gasteiger partial charge in [-0.1, -0.05) is 12.1 Å². The number of hydrogen-bond acceptors (Lipinski definition) is 3. The van der Waals surface area contributed by atoms with Crippen molar-refractivity contribution in [1.29, 1.82) is 0 Å². The van der Waals surface area contributed by atoms with Crippen LogP contribution >= 0.6 is 0 Å². The molecule has 0 aliphatic carbocycles. The van der Waals surface area contributed by atoms with Crippen molar-refractivity contribution in [2.24, 2.45) is 7.05 Å². The molecule has 2 aromatic rings. The highest BCUT2D eigenvalue weighted by Gasteiger charge is 2.49. The van der Waals surface area contributed by atoms with Gasteiger partial charge in [0.25, 0.3) is 5.91 Å². The van der Waals surface area contributed by atoms with Crippen LogP contribution in [-0.4, -0.2) is 34.2 Å². The Morgan fingerprint density at radius 3 is 2.81 bits per heavy atom. The van der Waals surface area contributed by atoms with Gasteiger partial charge in [0, 0.05) is 25.5 Å². The highest BCUT2D eigenvalue weighted by atomic mass is 16.5. The van der Waals surface area contributed by atoms with Gasteiger partial charge in [0.2, 0.25) is 5.72 Å². The van der Waals surface area contributed by atoms with E-state index in [0.717, 1.165) is 6.54 Å². The molecule has 5 nitrogen and oxygen atoms in total. The van der Waals surface area contributed by atoms with Crippen molar-refractivity contribution < 1.29 is 9.53 Å². The van der Waals surface area contributed by atoms with Gasteiger partial charge in [-0.2, -0.15) is 0 Å². The van der Waals surface area contributed by atoms with E-state index in [-0.39, 0.29) is 5.91 Å². The fourth-order valence-electron chi connectivity index (χ4n) is 3.07. The van der Waals surface area contributed by atoms with Gasteiger partial charge in [-0.25, -0.2) is 0 Å². The number of carbonyl (C=O) groups is 1. The first-order valence-electron chi connectivity index (χ1n) is 7.08. The predicted octanol–water partition coefficient (Wildman–Crippen LogP) is 1.36. The molecular formula is C16H17N3O2. The lowest BCUT2D eigenvalue weighted by molar-refractivity contribution is -0.103. The lowest BCUT2D eigenvalue weighted by atomic mass is 9.99. The first-order chi connectivity index (χ1) is 10.2. The zero-order valence-electron chi connectivity index (χ0n) is 11.9. The third kappa shape index (κ3) is 2.01. The molecule has 1 fully saturated rings. The first-order valence-corrected chi connectivity index (χ1v) is 7.08. The summed E-state index contributed by atoms with van der Waals surface area (Å²) in [5.74, 6) is 0.634. The molecule has 1 amide bonds. The zero-order chi connectivity index (χ0) is 14.4. The summed E-state index contributed by atoms with van der Waals surface area (Å²) in [6, 6.07) is 11.5. The molecule has 1 aromatic heterocycles. The average molecular weight is 283 g/mol. The van der Waals surface area contributed by atoms with Gasteiger partial charge in [0.15, 0.2) is 0 Å². The van der Waals surface area contributed by atoms with E-state index in [2.05, 4.69) is 20.9 Å². The normalized spacial score (nSPS) is 19.6. The number of likely N-dealkylation sites (tertiary alicyclic amines) is 1. The Bertz CT molecular complexity index is 701. The van der Waals surface area contributed by atoms with Crippen molar-refractivity contribution in [3.8, 4) is 5.75 Å². The van der Waals surface area contributed by atoms with E-state index >= 15 is 0 Å². The summed E-state index contributed by atoms with van der Waals surface area (Å²) in [4.78, 5) is 14.4. The Morgan fingerprint density at radius 1 is 1.24 bits per heavy atom. The summed E-state index contributed by atoms with van der Waals surface area (Å²) < 4.78 is 8.14. The Labute approximate surface area is 123 Å². The number of hydrogen-bond donors (Lipinski definition) is 1. The molecule has 1 saturated heterocycles. The van der Waals surface area contributed by atoms with E-state index in [1.807, 2.05) is 37.5 Å². The van der Waals surface area contributed by atoms with Crippen LogP contribution in [0.2, 0.25) is 0 Å². The highest BCUT2D eigenvalue weighted by molar-refractivity contribution is 5.98. The summed E-state index contributed by atoms with van der Waals surface area (Å²) in [6.45, 7) is 2.28. The molecule has 0 unspecified atom stereocenters. The molecular weight excluding hydrogens is 266 g/mol. The Kier molecular flexibility index (Phi) is 2.59. The van der Waals surface area contributed by atoms with Crippen molar-refractivity contribution in [2.75, 3.05) is 13.1 Å². The van der Waals surface area contributed by atoms with Crippen LogP contribution in [0, 0.1) is 0 Å². The molecule has 0 saturated carbocycles. The number of ether oxygens (including phenoxy) is 1. The van der Waals surface area contributed by atoms with Crippen LogP contribution < -0.4 is 10.1 Å². The minimum atomic E-state index is -0.559. The van der Waals surface area contributed by atoms with Gasteiger partial charge in [-0.15, -0.1) is 0 Å². The maximum Gasteiger partial charge on any atom is 0.258 e. The Morgan fingerprint density at radius 2 is 2.05 bits per heavy atom. The molecule has 0 radical (unpaired) electrons. The molecule has 0 atom stereocenters. The van der Waals surface area contributed by atoms with Crippen LogP contribution in [-0.2, 0) is 13.6 Å². The second-order valence-electron chi connectivity index (χ2n) is 5.80. The molecule has 2 aliphatic rings. The minimum Gasteiger partial charge on any atom is -0.464 e. The van der Waals surface area contributed by atoms with Crippen LogP contribution in [0.15, 0.2) is 42.6 Å². The number of rotatable bonds is 2. The van der Waals surface area contributed by atoms with Crippen LogP contribution in [0.1, 0.15) is 16.1 Å². The molecule has 2 aliphatic heterocycles. The molecule has 1 N–H and O–H groups in total. The Hall–Kier alpha value is -2.27. The number of para-hydroxylation sites is 1. The number of aryl methyl sites for hydroxylation is 1. The number of nitrogens with zero attached hydrogens (tertiary/aromatic N) is 2. The van der Waals surface area contributed by atoms with E-state index in [1.54, 1.807) is 6.07 Å². The Balaban J connectivity index is 1.48. The van der Waals surface area contributed by atoms with E-state index < -0.39 is 5.72 Å². The van der Waals surface area contributed by atoms with E-state index in [4.69, 9.17) is 4.74 Å². The molecule has 4 rings (SSSR count). The minimum absolute atomic E-state index is 0.0460. The number of amides is 1. The fourth-order valence-corrected chi connectivity index (χ4v) is 3.07. The standard InChI is InChI=1S/C16H17N3O2/c1-18-8-4-5-12(18)9-19-10-16(11-19)17-15(20)13-6-2-3-7-14(13)21-16/h2-8H,9-11H2,1H3,(H,17,20). The SMILES string of the molecule is Cn1cccc1CN1CC2(C1)NC(=O)c1ccccc1O2. The predicted molar refractivity (Wildman–Crippen MR) is 78.0 cm³/mol. The molecule has 108 valence electrons. The van der Waals surface area contributed by atoms with Gasteiger partial charge in [0.05, 0.1) is 18.7 Å². The van der Waals surface area contributed by atoms with Gasteiger partial charge in [-0.05, 0) is 24.3 Å². The average Bonchev–Trinajstić information content (AvgIpc) is 2.83. The molecule has 3 heterocycles. The zero-order valence-corrected chi connectivity index (χ0v) is 11.9. The molecule has 21 heavy (non-hydrogen) atoms. The number of nitrogens with one attached hydrogen (secondary N) is 1. The van der Waals surface area contributed by atoms with Gasteiger partial charge >= 0.3 is 0 Å². The summed E-state index contributed by atoms with van der Waals surface area (Å²) in [5.41, 5.74) is 1.31. The van der Waals surface area contributed by atoms with E-state index in [1.165, 1.54) is 5.69 Å². The molecule has 0 bridgehead atoms. The van der Waals surface area contributed by atoms with Crippen molar-refractivity contribution in [3.05, 3.63) is 53.9 Å². The number of carbonyl (C=O) groups excluding carboxylic acids is 1. The van der Waals surface area contributed by atoms with Gasteiger partial charge in [0.1, 0.15) is 5.75 Å². The van der Waals surface area contributed by atoms with Crippen molar-refractivity contribution in [2.45, 2.75) is 12.3 Å². The number of aromatic nitrogens is 1. The van der Waals surface area contributed by atoms with Gasteiger partial charge < -0.3 is 14.6 Å². The lowest BCUT2D eigenvalue weighted by Gasteiger charge is -2.51. The smallest absolute Gasteiger partial charge is 0.258 e. The second kappa shape index (κ2) is 4.36. The molecule has 5 heteroatoms. The van der Waals surface area contributed by atoms with Crippen molar-refractivity contribution in [1.82, 2.24) is 14.8 Å². The summed E-state index contributed by atoms with van der Waals surface area (Å²) in [5, 5.41) is 3.00. The third-order valence-corrected chi connectivity index (χ3v) is 4.17. The summed E-state index contributed by atoms with van der Waals surface area (Å²) >= 11 is 0. The highest BCUT2D eigenvalue weighted by Crippen LogP contribution is 2.33. The quantitative estimate of drug-likeness (QED) is 0.905. The van der Waals surface area contributed by atoms with Crippen LogP contribution in [0.25, 0.3) is 0 Å². The monoisotopic (exact) mass is 283 g/mol. The summed E-state index contributed by atoms with van der Waals surface area (Å²) in [6.07, 6.45) is 2.04. The lowest BCUT2D eigenvalue weighted by Crippen LogP contribution is -2.74. The number of fused-ring (bicyclic) bond motifs is 1. The van der Waals surface area contributed by atoms with E-state index in [0.29, 0.717) is 24.4 Å². The largest absolute Gasteiger partial charge is 0.464 e. The summed E-state index contributed by atoms with van der Waals surface area (Å²) in [7, 11) is 2.04. The fraction of sp³-hybridized carbons (Fsp3) is 0.312. The molecule has 1 spiro atoms. The maximum absolute atomic E-state index is 12.2. The topological polar surface area (TPSA) is 46.5 Å². The van der Waals surface area contributed by atoms with Gasteiger partial charge in [-0.3, -0.25) is 9.69 Å². The first kappa shape index (κ1) is 12.5. The maximum atomic E-state index is 12.2. The number of benzene rings is 1.